The fourth-order valence-electron chi connectivity index (χ4n) is 1.27. The maximum absolute atomic E-state index is 13.4. The lowest BCUT2D eigenvalue weighted by atomic mass is 10.1. The topological polar surface area (TPSA) is 65.2 Å². The lowest BCUT2D eigenvalue weighted by molar-refractivity contribution is -0.139. The van der Waals surface area contributed by atoms with E-state index in [1.807, 2.05) is 0 Å². The zero-order chi connectivity index (χ0) is 13.0. The summed E-state index contributed by atoms with van der Waals surface area (Å²) in [7, 11) is 1.16. The number of hydrogen-bond donors (Lipinski definition) is 1. The van der Waals surface area contributed by atoms with Gasteiger partial charge >= 0.3 is 5.97 Å². The first-order valence-corrected chi connectivity index (χ1v) is 4.72. The second-order valence-electron chi connectivity index (χ2n) is 3.22. The Bertz CT molecular complexity index is 424. The first kappa shape index (κ1) is 13.4. The molecule has 1 aromatic heterocycles. The number of aromatic nitrogens is 1. The molecule has 0 aliphatic carbocycles. The smallest absolute Gasteiger partial charge is 0.311 e. The Labute approximate surface area is 95.6 Å². The van der Waals surface area contributed by atoms with Gasteiger partial charge in [0, 0.05) is 6.54 Å². The maximum atomic E-state index is 13.4. The molecule has 17 heavy (non-hydrogen) atoms. The summed E-state index contributed by atoms with van der Waals surface area (Å²) in [5, 5.41) is 0. The third-order valence-corrected chi connectivity index (χ3v) is 2.09. The van der Waals surface area contributed by atoms with Gasteiger partial charge in [-0.05, 0) is 6.07 Å². The number of ether oxygens (including phenoxy) is 1. The lowest BCUT2D eigenvalue weighted by Gasteiger charge is -2.08. The van der Waals surface area contributed by atoms with Crippen LogP contribution in [0.3, 0.4) is 0 Å². The van der Waals surface area contributed by atoms with E-state index in [1.54, 1.807) is 0 Å². The van der Waals surface area contributed by atoms with Gasteiger partial charge in [0.2, 0.25) is 0 Å². The van der Waals surface area contributed by atoms with Crippen LogP contribution in [0.25, 0.3) is 0 Å². The summed E-state index contributed by atoms with van der Waals surface area (Å²) in [6.07, 6.45) is -3.29. The van der Waals surface area contributed by atoms with E-state index >= 15 is 0 Å². The fourth-order valence-corrected chi connectivity index (χ4v) is 1.27. The largest absolute Gasteiger partial charge is 0.469 e. The van der Waals surface area contributed by atoms with Crippen LogP contribution in [0.2, 0.25) is 0 Å². The predicted octanol–water partition coefficient (Wildman–Crippen LogP) is 1.33. The predicted molar refractivity (Wildman–Crippen MR) is 52.8 cm³/mol. The Hall–Kier alpha value is -1.63. The lowest BCUT2D eigenvalue weighted by Crippen LogP contribution is -2.12. The summed E-state index contributed by atoms with van der Waals surface area (Å²) in [5.74, 6) is -1.77. The molecule has 0 spiro atoms. The van der Waals surface area contributed by atoms with Crippen LogP contribution in [-0.4, -0.2) is 18.1 Å². The zero-order valence-electron chi connectivity index (χ0n) is 9.04. The number of nitrogens with two attached hydrogens (primary N) is 1. The summed E-state index contributed by atoms with van der Waals surface area (Å²) >= 11 is 0. The number of rotatable bonds is 4. The summed E-state index contributed by atoms with van der Waals surface area (Å²) in [6, 6.07) is 0.843. The van der Waals surface area contributed by atoms with Gasteiger partial charge in [0.05, 0.1) is 30.5 Å². The normalized spacial score (nSPS) is 10.7. The maximum Gasteiger partial charge on any atom is 0.311 e. The Morgan fingerprint density at radius 3 is 2.71 bits per heavy atom. The van der Waals surface area contributed by atoms with Crippen molar-refractivity contribution in [2.75, 3.05) is 7.11 Å². The minimum absolute atomic E-state index is 0.00833. The monoisotopic (exact) mass is 248 g/mol. The highest BCUT2D eigenvalue weighted by molar-refractivity contribution is 5.71. The van der Waals surface area contributed by atoms with Crippen molar-refractivity contribution in [2.45, 2.75) is 19.4 Å². The third-order valence-electron chi connectivity index (χ3n) is 2.09. The molecule has 1 aromatic rings. The molecule has 2 N–H and O–H groups in total. The SMILES string of the molecule is COC(=O)Cc1cc(C(F)F)c(F)c(CN)n1. The number of nitrogens with zero attached hydrogens (tertiary/aromatic N) is 1. The van der Waals surface area contributed by atoms with Crippen LogP contribution in [0, 0.1) is 5.82 Å². The van der Waals surface area contributed by atoms with Crippen molar-refractivity contribution in [3.05, 3.63) is 28.8 Å². The van der Waals surface area contributed by atoms with Gasteiger partial charge < -0.3 is 10.5 Å². The van der Waals surface area contributed by atoms with E-state index in [0.717, 1.165) is 13.2 Å². The second kappa shape index (κ2) is 5.62. The molecule has 0 aliphatic heterocycles. The summed E-state index contributed by atoms with van der Waals surface area (Å²) in [6.45, 7) is -0.319. The van der Waals surface area contributed by atoms with E-state index < -0.39 is 23.8 Å². The van der Waals surface area contributed by atoms with Crippen molar-refractivity contribution < 1.29 is 22.7 Å². The van der Waals surface area contributed by atoms with Gasteiger partial charge in [0.25, 0.3) is 6.43 Å². The van der Waals surface area contributed by atoms with E-state index in [4.69, 9.17) is 5.73 Å². The van der Waals surface area contributed by atoms with Crippen LogP contribution in [-0.2, 0) is 22.5 Å². The van der Waals surface area contributed by atoms with Gasteiger partial charge in [-0.25, -0.2) is 13.2 Å². The highest BCUT2D eigenvalue weighted by Crippen LogP contribution is 2.24. The molecule has 0 aliphatic rings. The van der Waals surface area contributed by atoms with E-state index in [0.29, 0.717) is 0 Å². The molecule has 7 heteroatoms. The Kier molecular flexibility index (Phi) is 4.45. The molecular weight excluding hydrogens is 237 g/mol. The van der Waals surface area contributed by atoms with Gasteiger partial charge in [-0.2, -0.15) is 0 Å². The molecule has 94 valence electrons. The van der Waals surface area contributed by atoms with Crippen molar-refractivity contribution >= 4 is 5.97 Å². The van der Waals surface area contributed by atoms with Gasteiger partial charge in [-0.3, -0.25) is 9.78 Å². The average Bonchev–Trinajstić information content (AvgIpc) is 2.30. The minimum atomic E-state index is -2.99. The van der Waals surface area contributed by atoms with Crippen LogP contribution in [0.15, 0.2) is 6.07 Å². The number of esters is 1. The average molecular weight is 248 g/mol. The second-order valence-corrected chi connectivity index (χ2v) is 3.22. The number of halogens is 3. The molecule has 0 radical (unpaired) electrons. The standard InChI is InChI=1S/C10H11F3N2O2/c1-17-8(16)3-5-2-6(10(12)13)9(11)7(4-14)15-5/h2,10H,3-4,14H2,1H3. The van der Waals surface area contributed by atoms with Crippen LogP contribution < -0.4 is 5.73 Å². The van der Waals surface area contributed by atoms with Crippen molar-refractivity contribution in [2.24, 2.45) is 5.73 Å². The number of carbonyl (C=O) groups excluding carboxylic acids is 1. The highest BCUT2D eigenvalue weighted by atomic mass is 19.3. The van der Waals surface area contributed by atoms with Crippen LogP contribution in [0.1, 0.15) is 23.4 Å². The van der Waals surface area contributed by atoms with Crippen molar-refractivity contribution in [1.29, 1.82) is 0 Å². The Balaban J connectivity index is 3.15. The third kappa shape index (κ3) is 3.16. The number of pyridine rings is 1. The molecule has 0 amide bonds. The van der Waals surface area contributed by atoms with Gasteiger partial charge in [0.1, 0.15) is 0 Å². The fraction of sp³-hybridized carbons (Fsp3) is 0.400. The van der Waals surface area contributed by atoms with Gasteiger partial charge in [-0.15, -0.1) is 0 Å². The number of alkyl halides is 2. The molecule has 0 saturated heterocycles. The molecule has 1 rings (SSSR count). The molecule has 1 heterocycles. The molecule has 0 atom stereocenters. The quantitative estimate of drug-likeness (QED) is 0.816. The first-order valence-electron chi connectivity index (χ1n) is 4.72. The van der Waals surface area contributed by atoms with Gasteiger partial charge in [0.15, 0.2) is 5.82 Å². The van der Waals surface area contributed by atoms with Crippen molar-refractivity contribution in [3.8, 4) is 0 Å². The zero-order valence-corrected chi connectivity index (χ0v) is 9.04. The first-order chi connectivity index (χ1) is 7.99. The summed E-state index contributed by atoms with van der Waals surface area (Å²) in [5.41, 5.74) is 4.10. The van der Waals surface area contributed by atoms with Crippen LogP contribution >= 0.6 is 0 Å². The number of hydrogen-bond acceptors (Lipinski definition) is 4. The molecular formula is C10H11F3N2O2. The number of carbonyl (C=O) groups is 1. The Morgan fingerprint density at radius 1 is 1.59 bits per heavy atom. The molecule has 0 unspecified atom stereocenters. The minimum Gasteiger partial charge on any atom is -0.469 e. The molecule has 0 aromatic carbocycles. The highest BCUT2D eigenvalue weighted by Gasteiger charge is 2.19. The molecule has 0 fully saturated rings. The van der Waals surface area contributed by atoms with Crippen LogP contribution in [0.5, 0.6) is 0 Å². The van der Waals surface area contributed by atoms with E-state index in [-0.39, 0.29) is 24.4 Å². The Morgan fingerprint density at radius 2 is 2.24 bits per heavy atom. The van der Waals surface area contributed by atoms with E-state index in [9.17, 15) is 18.0 Å². The molecule has 0 bridgehead atoms. The molecule has 0 saturated carbocycles. The number of methoxy groups -OCH3 is 1. The van der Waals surface area contributed by atoms with Crippen LogP contribution in [0.4, 0.5) is 13.2 Å². The van der Waals surface area contributed by atoms with Crippen molar-refractivity contribution in [1.82, 2.24) is 4.98 Å². The summed E-state index contributed by atoms with van der Waals surface area (Å²) in [4.78, 5) is 14.7. The van der Waals surface area contributed by atoms with Crippen molar-refractivity contribution in [3.63, 3.8) is 0 Å². The van der Waals surface area contributed by atoms with E-state index in [1.165, 1.54) is 0 Å². The van der Waals surface area contributed by atoms with Gasteiger partial charge in [-0.1, -0.05) is 0 Å². The molecule has 4 nitrogen and oxygen atoms in total. The summed E-state index contributed by atoms with van der Waals surface area (Å²) < 4.78 is 42.8. The van der Waals surface area contributed by atoms with E-state index in [2.05, 4.69) is 9.72 Å².